The summed E-state index contributed by atoms with van der Waals surface area (Å²) in [4.78, 5) is 11.6. The Labute approximate surface area is 125 Å². The smallest absolute Gasteiger partial charge is 0.251 e. The zero-order valence-electron chi connectivity index (χ0n) is 10.4. The van der Waals surface area contributed by atoms with Gasteiger partial charge in [0.05, 0.1) is 0 Å². The van der Waals surface area contributed by atoms with Crippen molar-refractivity contribution in [2.75, 3.05) is 7.05 Å². The third kappa shape index (κ3) is 3.17. The minimum absolute atomic E-state index is 0.0788. The molecule has 0 fully saturated rings. The van der Waals surface area contributed by atoms with Gasteiger partial charge in [0.15, 0.2) is 0 Å². The molecule has 0 radical (unpaired) electrons. The van der Waals surface area contributed by atoms with Crippen molar-refractivity contribution in [3.05, 3.63) is 58.6 Å². The number of benzene rings is 2. The lowest BCUT2D eigenvalue weighted by molar-refractivity contribution is 0.0963. The van der Waals surface area contributed by atoms with Crippen molar-refractivity contribution in [2.45, 2.75) is 5.33 Å². The first-order chi connectivity index (χ1) is 9.15. The zero-order valence-corrected chi connectivity index (χ0v) is 12.8. The second-order valence-corrected chi connectivity index (χ2v) is 5.09. The summed E-state index contributed by atoms with van der Waals surface area (Å²) in [6, 6.07) is 13.4. The van der Waals surface area contributed by atoms with Crippen LogP contribution >= 0.6 is 27.5 Å². The van der Waals surface area contributed by atoms with Gasteiger partial charge in [-0.05, 0) is 41.0 Å². The Kier molecular flexibility index (Phi) is 4.61. The van der Waals surface area contributed by atoms with Gasteiger partial charge in [0.2, 0.25) is 0 Å². The maximum Gasteiger partial charge on any atom is 0.251 e. The van der Waals surface area contributed by atoms with E-state index in [1.165, 1.54) is 0 Å². The molecule has 0 unspecified atom stereocenters. The van der Waals surface area contributed by atoms with E-state index in [1.807, 2.05) is 42.5 Å². The first-order valence-corrected chi connectivity index (χ1v) is 7.32. The quantitative estimate of drug-likeness (QED) is 0.832. The van der Waals surface area contributed by atoms with Crippen molar-refractivity contribution >= 4 is 33.4 Å². The fourth-order valence-corrected chi connectivity index (χ4v) is 2.49. The van der Waals surface area contributed by atoms with Gasteiger partial charge in [-0.1, -0.05) is 45.7 Å². The molecule has 98 valence electrons. The SMILES string of the molecule is CNC(=O)c1ccc(-c2ccc(Cl)cc2)c(CBr)c1. The first kappa shape index (κ1) is 14.1. The highest BCUT2D eigenvalue weighted by atomic mass is 79.9. The van der Waals surface area contributed by atoms with Gasteiger partial charge in [0.25, 0.3) is 5.91 Å². The van der Waals surface area contributed by atoms with E-state index in [-0.39, 0.29) is 5.91 Å². The van der Waals surface area contributed by atoms with Crippen LogP contribution in [-0.2, 0) is 5.33 Å². The normalized spacial score (nSPS) is 10.3. The van der Waals surface area contributed by atoms with Crippen LogP contribution in [0.15, 0.2) is 42.5 Å². The molecular formula is C15H13BrClNO. The summed E-state index contributed by atoms with van der Waals surface area (Å²) in [5, 5.41) is 4.03. The maximum atomic E-state index is 11.6. The lowest BCUT2D eigenvalue weighted by Gasteiger charge is -2.10. The summed E-state index contributed by atoms with van der Waals surface area (Å²) >= 11 is 9.36. The van der Waals surface area contributed by atoms with Crippen molar-refractivity contribution < 1.29 is 4.79 Å². The average Bonchev–Trinajstić information content (AvgIpc) is 2.46. The number of alkyl halides is 1. The Morgan fingerprint density at radius 1 is 1.21 bits per heavy atom. The summed E-state index contributed by atoms with van der Waals surface area (Å²) in [5.74, 6) is -0.0788. The molecule has 0 aliphatic carbocycles. The molecule has 2 rings (SSSR count). The lowest BCUT2D eigenvalue weighted by Crippen LogP contribution is -2.17. The van der Waals surface area contributed by atoms with Crippen molar-refractivity contribution in [1.82, 2.24) is 5.32 Å². The topological polar surface area (TPSA) is 29.1 Å². The number of carbonyl (C=O) groups excluding carboxylic acids is 1. The van der Waals surface area contributed by atoms with Gasteiger partial charge >= 0.3 is 0 Å². The van der Waals surface area contributed by atoms with Gasteiger partial charge in [-0.25, -0.2) is 0 Å². The Hall–Kier alpha value is -1.32. The Bertz CT molecular complexity index is 596. The molecule has 4 heteroatoms. The van der Waals surface area contributed by atoms with Crippen LogP contribution in [-0.4, -0.2) is 13.0 Å². The highest BCUT2D eigenvalue weighted by Gasteiger charge is 2.09. The molecule has 2 aromatic carbocycles. The molecule has 0 atom stereocenters. The predicted octanol–water partition coefficient (Wildman–Crippen LogP) is 4.26. The minimum atomic E-state index is -0.0788. The number of rotatable bonds is 3. The number of nitrogens with one attached hydrogen (secondary N) is 1. The summed E-state index contributed by atoms with van der Waals surface area (Å²) in [7, 11) is 1.63. The third-order valence-corrected chi connectivity index (χ3v) is 3.75. The molecule has 0 saturated heterocycles. The summed E-state index contributed by atoms with van der Waals surface area (Å²) in [6.07, 6.45) is 0. The molecule has 2 nitrogen and oxygen atoms in total. The van der Waals surface area contributed by atoms with Gasteiger partial charge < -0.3 is 5.32 Å². The van der Waals surface area contributed by atoms with Crippen LogP contribution in [0.25, 0.3) is 11.1 Å². The van der Waals surface area contributed by atoms with Crippen LogP contribution in [0.1, 0.15) is 15.9 Å². The van der Waals surface area contributed by atoms with Gasteiger partial charge in [0.1, 0.15) is 0 Å². The third-order valence-electron chi connectivity index (χ3n) is 2.89. The van der Waals surface area contributed by atoms with Crippen LogP contribution in [0.2, 0.25) is 5.02 Å². The van der Waals surface area contributed by atoms with Crippen LogP contribution in [0, 0.1) is 0 Å². The molecule has 1 amide bonds. The number of carbonyl (C=O) groups is 1. The fraction of sp³-hybridized carbons (Fsp3) is 0.133. The predicted molar refractivity (Wildman–Crippen MR) is 82.9 cm³/mol. The van der Waals surface area contributed by atoms with E-state index in [2.05, 4.69) is 21.2 Å². The zero-order chi connectivity index (χ0) is 13.8. The monoisotopic (exact) mass is 337 g/mol. The lowest BCUT2D eigenvalue weighted by atomic mass is 9.98. The average molecular weight is 339 g/mol. The minimum Gasteiger partial charge on any atom is -0.355 e. The second kappa shape index (κ2) is 6.22. The van der Waals surface area contributed by atoms with Gasteiger partial charge in [0, 0.05) is 23.0 Å². The summed E-state index contributed by atoms with van der Waals surface area (Å²) in [5.41, 5.74) is 3.92. The molecule has 0 heterocycles. The molecule has 1 N–H and O–H groups in total. The molecule has 0 bridgehead atoms. The summed E-state index contributed by atoms with van der Waals surface area (Å²) < 4.78 is 0. The molecule has 0 aromatic heterocycles. The van der Waals surface area contributed by atoms with Crippen molar-refractivity contribution in [2.24, 2.45) is 0 Å². The fourth-order valence-electron chi connectivity index (χ4n) is 1.90. The van der Waals surface area contributed by atoms with Gasteiger partial charge in [-0.15, -0.1) is 0 Å². The van der Waals surface area contributed by atoms with Crippen LogP contribution in [0.4, 0.5) is 0 Å². The van der Waals surface area contributed by atoms with Gasteiger partial charge in [-0.3, -0.25) is 4.79 Å². The Morgan fingerprint density at radius 3 is 2.47 bits per heavy atom. The van der Waals surface area contributed by atoms with Crippen molar-refractivity contribution in [3.63, 3.8) is 0 Å². The standard InChI is InChI=1S/C15H13BrClNO/c1-18-15(19)11-4-7-14(12(8-11)9-16)10-2-5-13(17)6-3-10/h2-8H,9H2,1H3,(H,18,19). The van der Waals surface area contributed by atoms with E-state index >= 15 is 0 Å². The Balaban J connectivity index is 2.46. The molecule has 19 heavy (non-hydrogen) atoms. The van der Waals surface area contributed by atoms with Crippen LogP contribution < -0.4 is 5.32 Å². The number of hydrogen-bond donors (Lipinski definition) is 1. The first-order valence-electron chi connectivity index (χ1n) is 5.82. The van der Waals surface area contributed by atoms with E-state index < -0.39 is 0 Å². The molecule has 0 spiro atoms. The van der Waals surface area contributed by atoms with Crippen molar-refractivity contribution in [3.8, 4) is 11.1 Å². The van der Waals surface area contributed by atoms with Gasteiger partial charge in [-0.2, -0.15) is 0 Å². The molecule has 2 aromatic rings. The Morgan fingerprint density at radius 2 is 1.89 bits per heavy atom. The van der Waals surface area contributed by atoms with E-state index in [9.17, 15) is 4.79 Å². The molecule has 0 aliphatic heterocycles. The van der Waals surface area contributed by atoms with Crippen LogP contribution in [0.5, 0.6) is 0 Å². The highest BCUT2D eigenvalue weighted by Crippen LogP contribution is 2.27. The van der Waals surface area contributed by atoms with E-state index in [0.29, 0.717) is 15.9 Å². The van der Waals surface area contributed by atoms with E-state index in [4.69, 9.17) is 11.6 Å². The summed E-state index contributed by atoms with van der Waals surface area (Å²) in [6.45, 7) is 0. The van der Waals surface area contributed by atoms with Crippen LogP contribution in [0.3, 0.4) is 0 Å². The molecule has 0 aliphatic rings. The maximum absolute atomic E-state index is 11.6. The number of hydrogen-bond acceptors (Lipinski definition) is 1. The largest absolute Gasteiger partial charge is 0.355 e. The number of amides is 1. The molecule has 0 saturated carbocycles. The van der Waals surface area contributed by atoms with Crippen molar-refractivity contribution in [1.29, 1.82) is 0 Å². The second-order valence-electron chi connectivity index (χ2n) is 4.09. The van der Waals surface area contributed by atoms with E-state index in [1.54, 1.807) is 7.05 Å². The molecular weight excluding hydrogens is 326 g/mol. The highest BCUT2D eigenvalue weighted by molar-refractivity contribution is 9.08. The number of halogens is 2. The van der Waals surface area contributed by atoms with E-state index in [0.717, 1.165) is 16.7 Å².